The molecule has 5 atom stereocenters. The van der Waals surface area contributed by atoms with Crippen molar-refractivity contribution in [3.63, 3.8) is 0 Å². The van der Waals surface area contributed by atoms with Gasteiger partial charge in [0, 0.05) is 25.1 Å². The van der Waals surface area contributed by atoms with Crippen molar-refractivity contribution >= 4 is 11.6 Å². The minimum absolute atomic E-state index is 0.181. The van der Waals surface area contributed by atoms with Gasteiger partial charge in [-0.25, -0.2) is 0 Å². The van der Waals surface area contributed by atoms with Crippen molar-refractivity contribution in [1.82, 2.24) is 0 Å². The highest BCUT2D eigenvalue weighted by Crippen LogP contribution is 2.29. The molecule has 5 N–H and O–H groups in total. The van der Waals surface area contributed by atoms with Crippen molar-refractivity contribution in [2.45, 2.75) is 37.8 Å². The third-order valence-electron chi connectivity index (χ3n) is 3.80. The molecule has 0 heterocycles. The minimum Gasteiger partial charge on any atom is -0.488 e. The summed E-state index contributed by atoms with van der Waals surface area (Å²) in [4.78, 5) is 10.9. The van der Waals surface area contributed by atoms with Crippen molar-refractivity contribution < 1.29 is 30.0 Å². The molecule has 1 aliphatic carbocycles. The van der Waals surface area contributed by atoms with E-state index in [9.17, 15) is 25.2 Å². The van der Waals surface area contributed by atoms with Crippen molar-refractivity contribution in [2.24, 2.45) is 5.92 Å². The maximum atomic E-state index is 10.9. The van der Waals surface area contributed by atoms with Gasteiger partial charge in [-0.15, -0.1) is 0 Å². The third kappa shape index (κ3) is 3.75. The van der Waals surface area contributed by atoms with Crippen LogP contribution in [0.2, 0.25) is 0 Å². The van der Waals surface area contributed by atoms with Gasteiger partial charge in [0.2, 0.25) is 5.91 Å². The summed E-state index contributed by atoms with van der Waals surface area (Å²) in [5.41, 5.74) is 0.618. The van der Waals surface area contributed by atoms with E-state index in [4.69, 9.17) is 4.74 Å². The maximum Gasteiger partial charge on any atom is 0.221 e. The Kier molecular flexibility index (Phi) is 5.36. The fraction of sp³-hybridized carbons (Fsp3) is 0.533. The van der Waals surface area contributed by atoms with Crippen LogP contribution in [0.1, 0.15) is 13.3 Å². The molecule has 1 fully saturated rings. The largest absolute Gasteiger partial charge is 0.488 e. The van der Waals surface area contributed by atoms with Crippen LogP contribution >= 0.6 is 0 Å². The van der Waals surface area contributed by atoms with Gasteiger partial charge >= 0.3 is 0 Å². The zero-order valence-corrected chi connectivity index (χ0v) is 12.2. The Bertz CT molecular complexity index is 503. The Morgan fingerprint density at radius 1 is 1.18 bits per heavy atom. The van der Waals surface area contributed by atoms with E-state index in [1.165, 1.54) is 6.92 Å². The Morgan fingerprint density at radius 3 is 2.36 bits per heavy atom. The molecule has 7 heteroatoms. The number of nitrogens with one attached hydrogen (secondary N) is 1. The van der Waals surface area contributed by atoms with E-state index < -0.39 is 30.3 Å². The van der Waals surface area contributed by atoms with Gasteiger partial charge in [0.05, 0.1) is 6.10 Å². The van der Waals surface area contributed by atoms with Gasteiger partial charge in [-0.1, -0.05) is 0 Å². The predicted molar refractivity (Wildman–Crippen MR) is 78.4 cm³/mol. The summed E-state index contributed by atoms with van der Waals surface area (Å²) in [5, 5.41) is 41.4. The lowest BCUT2D eigenvalue weighted by Crippen LogP contribution is -2.56. The summed E-state index contributed by atoms with van der Waals surface area (Å²) in [6.45, 7) is 1.11. The lowest BCUT2D eigenvalue weighted by Gasteiger charge is -2.39. The molecule has 1 amide bonds. The second-order valence-electron chi connectivity index (χ2n) is 5.51. The summed E-state index contributed by atoms with van der Waals surface area (Å²) < 4.78 is 5.63. The van der Waals surface area contributed by atoms with Gasteiger partial charge in [0.25, 0.3) is 0 Å². The molecule has 0 saturated heterocycles. The number of aliphatic hydroxyl groups excluding tert-OH is 4. The normalized spacial score (nSPS) is 31.6. The first-order valence-corrected chi connectivity index (χ1v) is 7.11. The van der Waals surface area contributed by atoms with Crippen LogP contribution in [-0.2, 0) is 4.79 Å². The standard InChI is InChI=1S/C15H21NO6/c1-8(18)16-10-2-4-11(5-3-10)22-12-6-9(7-17)13(19)15(21)14(12)20/h2-5,9,12-15,17,19-21H,6-7H2,1H3,(H,16,18)/t9?,12-,13+,14?,15+/m1/s1. The van der Waals surface area contributed by atoms with Gasteiger partial charge < -0.3 is 30.5 Å². The number of carbonyl (C=O) groups is 1. The molecular weight excluding hydrogens is 290 g/mol. The summed E-state index contributed by atoms with van der Waals surface area (Å²) >= 11 is 0. The molecule has 7 nitrogen and oxygen atoms in total. The number of benzene rings is 1. The highest BCUT2D eigenvalue weighted by Gasteiger charge is 2.43. The Hall–Kier alpha value is -1.67. The molecule has 1 saturated carbocycles. The molecule has 0 aromatic heterocycles. The molecule has 1 aliphatic rings. The first-order valence-electron chi connectivity index (χ1n) is 7.11. The van der Waals surface area contributed by atoms with E-state index in [0.717, 1.165) is 0 Å². The average molecular weight is 311 g/mol. The molecule has 0 bridgehead atoms. The van der Waals surface area contributed by atoms with Gasteiger partial charge in [-0.3, -0.25) is 4.79 Å². The number of amides is 1. The zero-order chi connectivity index (χ0) is 16.3. The molecule has 2 unspecified atom stereocenters. The van der Waals surface area contributed by atoms with Crippen LogP contribution in [0.25, 0.3) is 0 Å². The van der Waals surface area contributed by atoms with Crippen LogP contribution in [0.3, 0.4) is 0 Å². The average Bonchev–Trinajstić information content (AvgIpc) is 2.49. The molecule has 1 aromatic rings. The molecule has 0 aliphatic heterocycles. The van der Waals surface area contributed by atoms with Crippen LogP contribution in [-0.4, -0.2) is 57.4 Å². The van der Waals surface area contributed by atoms with Gasteiger partial charge in [0.15, 0.2) is 0 Å². The smallest absolute Gasteiger partial charge is 0.221 e. The number of anilines is 1. The molecule has 22 heavy (non-hydrogen) atoms. The fourth-order valence-corrected chi connectivity index (χ4v) is 2.57. The second kappa shape index (κ2) is 7.06. The van der Waals surface area contributed by atoms with Crippen LogP contribution in [0, 0.1) is 5.92 Å². The molecule has 122 valence electrons. The Labute approximate surface area is 128 Å². The van der Waals surface area contributed by atoms with Crippen LogP contribution < -0.4 is 10.1 Å². The first kappa shape index (κ1) is 16.7. The summed E-state index contributed by atoms with van der Waals surface area (Å²) in [6, 6.07) is 6.56. The van der Waals surface area contributed by atoms with E-state index in [-0.39, 0.29) is 18.9 Å². The molecule has 1 aromatic carbocycles. The number of aliphatic hydroxyl groups is 4. The lowest BCUT2D eigenvalue weighted by molar-refractivity contribution is -0.156. The van der Waals surface area contributed by atoms with E-state index in [2.05, 4.69) is 5.32 Å². The molecule has 2 rings (SSSR count). The summed E-state index contributed by atoms with van der Waals surface area (Å²) in [5.74, 6) is -0.278. The van der Waals surface area contributed by atoms with E-state index in [1.807, 2.05) is 0 Å². The Morgan fingerprint density at radius 2 is 1.82 bits per heavy atom. The lowest BCUT2D eigenvalue weighted by atomic mass is 9.81. The van der Waals surface area contributed by atoms with Gasteiger partial charge in [-0.2, -0.15) is 0 Å². The summed E-state index contributed by atoms with van der Waals surface area (Å²) in [7, 11) is 0. The fourth-order valence-electron chi connectivity index (χ4n) is 2.57. The van der Waals surface area contributed by atoms with Crippen molar-refractivity contribution in [1.29, 1.82) is 0 Å². The highest BCUT2D eigenvalue weighted by atomic mass is 16.5. The molecule has 0 radical (unpaired) electrons. The predicted octanol–water partition coefficient (Wildman–Crippen LogP) is -0.513. The van der Waals surface area contributed by atoms with Crippen LogP contribution in [0.4, 0.5) is 5.69 Å². The Balaban J connectivity index is 2.04. The van der Waals surface area contributed by atoms with Gasteiger partial charge in [0.1, 0.15) is 24.1 Å². The van der Waals surface area contributed by atoms with Crippen molar-refractivity contribution in [2.75, 3.05) is 11.9 Å². The number of ether oxygens (including phenoxy) is 1. The maximum absolute atomic E-state index is 10.9. The quantitative estimate of drug-likeness (QED) is 0.511. The minimum atomic E-state index is -1.37. The SMILES string of the molecule is CC(=O)Nc1ccc(O[C@@H]2CC(CO)[C@H](O)[C@H](O)C2O)cc1. The third-order valence-corrected chi connectivity index (χ3v) is 3.80. The monoisotopic (exact) mass is 311 g/mol. The van der Waals surface area contributed by atoms with Gasteiger partial charge in [-0.05, 0) is 30.7 Å². The number of rotatable bonds is 4. The summed E-state index contributed by atoms with van der Waals surface area (Å²) in [6.07, 6.45) is -4.30. The van der Waals surface area contributed by atoms with E-state index in [1.54, 1.807) is 24.3 Å². The molecule has 0 spiro atoms. The topological polar surface area (TPSA) is 119 Å². The van der Waals surface area contributed by atoms with E-state index in [0.29, 0.717) is 11.4 Å². The van der Waals surface area contributed by atoms with Crippen LogP contribution in [0.5, 0.6) is 5.75 Å². The first-order chi connectivity index (χ1) is 10.4. The number of hydrogen-bond acceptors (Lipinski definition) is 6. The molecular formula is C15H21NO6. The van der Waals surface area contributed by atoms with Crippen molar-refractivity contribution in [3.05, 3.63) is 24.3 Å². The highest BCUT2D eigenvalue weighted by molar-refractivity contribution is 5.88. The van der Waals surface area contributed by atoms with Crippen LogP contribution in [0.15, 0.2) is 24.3 Å². The van der Waals surface area contributed by atoms with Crippen molar-refractivity contribution in [3.8, 4) is 5.75 Å². The second-order valence-corrected chi connectivity index (χ2v) is 5.51. The number of hydrogen-bond donors (Lipinski definition) is 5. The zero-order valence-electron chi connectivity index (χ0n) is 12.2. The van der Waals surface area contributed by atoms with E-state index >= 15 is 0 Å². The number of carbonyl (C=O) groups excluding carboxylic acids is 1.